The highest BCUT2D eigenvalue weighted by Gasteiger charge is 2.38. The summed E-state index contributed by atoms with van der Waals surface area (Å²) in [6.07, 6.45) is 6.07. The fourth-order valence-electron chi connectivity index (χ4n) is 3.27. The first-order valence-electron chi connectivity index (χ1n) is 7.13. The van der Waals surface area contributed by atoms with Gasteiger partial charge in [-0.05, 0) is 31.1 Å². The summed E-state index contributed by atoms with van der Waals surface area (Å²) < 4.78 is 0. The topological polar surface area (TPSA) is 32.3 Å². The van der Waals surface area contributed by atoms with E-state index in [1.165, 1.54) is 25.7 Å². The average molecular weight is 238 g/mol. The van der Waals surface area contributed by atoms with E-state index in [1.807, 2.05) is 0 Å². The highest BCUT2D eigenvalue weighted by Crippen LogP contribution is 2.30. The van der Waals surface area contributed by atoms with Crippen LogP contribution in [-0.2, 0) is 4.79 Å². The van der Waals surface area contributed by atoms with Crippen LogP contribution in [0.15, 0.2) is 0 Å². The summed E-state index contributed by atoms with van der Waals surface area (Å²) in [4.78, 5) is 14.5. The molecule has 0 aromatic rings. The lowest BCUT2D eigenvalue weighted by atomic mass is 9.85. The molecule has 3 heteroatoms. The molecule has 1 saturated heterocycles. The Morgan fingerprint density at radius 3 is 2.71 bits per heavy atom. The molecule has 98 valence electrons. The maximum absolute atomic E-state index is 12.3. The van der Waals surface area contributed by atoms with Gasteiger partial charge in [0.1, 0.15) is 0 Å². The molecule has 1 heterocycles. The number of nitrogens with zero attached hydrogens (tertiary/aromatic N) is 1. The molecule has 0 aromatic heterocycles. The van der Waals surface area contributed by atoms with Gasteiger partial charge in [0.05, 0.1) is 12.7 Å². The maximum atomic E-state index is 12.3. The van der Waals surface area contributed by atoms with E-state index >= 15 is 0 Å². The Morgan fingerprint density at radius 1 is 1.35 bits per heavy atom. The van der Waals surface area contributed by atoms with Crippen molar-refractivity contribution in [3.8, 4) is 0 Å². The van der Waals surface area contributed by atoms with E-state index in [-0.39, 0.29) is 6.04 Å². The van der Waals surface area contributed by atoms with Crippen LogP contribution < -0.4 is 5.32 Å². The normalized spacial score (nSPS) is 34.7. The van der Waals surface area contributed by atoms with Crippen LogP contribution in [0.1, 0.15) is 52.9 Å². The van der Waals surface area contributed by atoms with Crippen LogP contribution in [0.5, 0.6) is 0 Å². The summed E-state index contributed by atoms with van der Waals surface area (Å²) in [5.74, 6) is 1.60. The first kappa shape index (κ1) is 12.9. The molecular formula is C14H26N2O. The predicted octanol–water partition coefficient (Wildman–Crippen LogP) is 2.37. The third-order valence-electron chi connectivity index (χ3n) is 4.26. The molecule has 3 atom stereocenters. The van der Waals surface area contributed by atoms with Gasteiger partial charge in [-0.25, -0.2) is 0 Å². The van der Waals surface area contributed by atoms with E-state index in [2.05, 4.69) is 31.0 Å². The highest BCUT2D eigenvalue weighted by atomic mass is 16.2. The van der Waals surface area contributed by atoms with Gasteiger partial charge in [0.2, 0.25) is 5.91 Å². The Hall–Kier alpha value is -0.570. The zero-order valence-corrected chi connectivity index (χ0v) is 11.4. The second-order valence-electron chi connectivity index (χ2n) is 6.18. The third-order valence-corrected chi connectivity index (χ3v) is 4.26. The number of rotatable bonds is 3. The van der Waals surface area contributed by atoms with Crippen LogP contribution in [0.4, 0.5) is 0 Å². The largest absolute Gasteiger partial charge is 0.325 e. The molecule has 0 radical (unpaired) electrons. The zero-order chi connectivity index (χ0) is 12.4. The number of nitrogens with one attached hydrogen (secondary N) is 1. The molecule has 2 rings (SSSR count). The van der Waals surface area contributed by atoms with Crippen molar-refractivity contribution in [3.63, 3.8) is 0 Å². The van der Waals surface area contributed by atoms with Gasteiger partial charge < -0.3 is 4.90 Å². The second-order valence-corrected chi connectivity index (χ2v) is 6.18. The highest BCUT2D eigenvalue weighted by molar-refractivity contribution is 5.84. The van der Waals surface area contributed by atoms with Crippen LogP contribution in [0.3, 0.4) is 0 Å². The van der Waals surface area contributed by atoms with Crippen molar-refractivity contribution in [1.29, 1.82) is 0 Å². The molecule has 2 fully saturated rings. The molecule has 1 N–H and O–H groups in total. The Bertz CT molecular complexity index is 277. The van der Waals surface area contributed by atoms with Crippen molar-refractivity contribution < 1.29 is 4.79 Å². The zero-order valence-electron chi connectivity index (χ0n) is 11.4. The lowest BCUT2D eigenvalue weighted by molar-refractivity contribution is -0.132. The summed E-state index contributed by atoms with van der Waals surface area (Å²) in [6, 6.07) is 0.560. The fraction of sp³-hybridized carbons (Fsp3) is 0.929. The minimum absolute atomic E-state index is 0.0733. The first-order valence-corrected chi connectivity index (χ1v) is 7.13. The van der Waals surface area contributed by atoms with Gasteiger partial charge in [0.25, 0.3) is 0 Å². The number of amides is 1. The van der Waals surface area contributed by atoms with Crippen LogP contribution >= 0.6 is 0 Å². The summed E-state index contributed by atoms with van der Waals surface area (Å²) in [5.41, 5.74) is 0. The molecule has 0 aromatic carbocycles. The minimum atomic E-state index is 0.0733. The molecular weight excluding hydrogens is 212 g/mol. The average Bonchev–Trinajstić information content (AvgIpc) is 2.61. The lowest BCUT2D eigenvalue weighted by Crippen LogP contribution is -2.44. The SMILES string of the molecule is CC(C)CC1NCN(C2CCCCC2C)C1=O. The smallest absolute Gasteiger partial charge is 0.241 e. The van der Waals surface area contributed by atoms with Crippen molar-refractivity contribution in [2.75, 3.05) is 6.67 Å². The quantitative estimate of drug-likeness (QED) is 0.818. The van der Waals surface area contributed by atoms with Crippen molar-refractivity contribution >= 4 is 5.91 Å². The molecule has 0 bridgehead atoms. The van der Waals surface area contributed by atoms with Gasteiger partial charge in [-0.3, -0.25) is 10.1 Å². The summed E-state index contributed by atoms with van der Waals surface area (Å²) in [7, 11) is 0. The molecule has 17 heavy (non-hydrogen) atoms. The Kier molecular flexibility index (Phi) is 4.08. The molecule has 3 unspecified atom stereocenters. The van der Waals surface area contributed by atoms with Gasteiger partial charge in [-0.2, -0.15) is 0 Å². The fourth-order valence-corrected chi connectivity index (χ4v) is 3.27. The van der Waals surface area contributed by atoms with E-state index in [4.69, 9.17) is 0 Å². The van der Waals surface area contributed by atoms with Crippen molar-refractivity contribution in [3.05, 3.63) is 0 Å². The van der Waals surface area contributed by atoms with Gasteiger partial charge in [-0.1, -0.05) is 33.6 Å². The number of carbonyl (C=O) groups excluding carboxylic acids is 1. The second kappa shape index (κ2) is 5.38. The summed E-state index contributed by atoms with van der Waals surface area (Å²) in [5, 5.41) is 3.38. The molecule has 1 aliphatic heterocycles. The van der Waals surface area contributed by atoms with Gasteiger partial charge in [-0.15, -0.1) is 0 Å². The number of hydrogen-bond acceptors (Lipinski definition) is 2. The molecule has 1 saturated carbocycles. The third kappa shape index (κ3) is 2.82. The van der Waals surface area contributed by atoms with Gasteiger partial charge >= 0.3 is 0 Å². The van der Waals surface area contributed by atoms with Crippen LogP contribution in [0.25, 0.3) is 0 Å². The maximum Gasteiger partial charge on any atom is 0.241 e. The molecule has 2 aliphatic rings. The summed E-state index contributed by atoms with van der Waals surface area (Å²) in [6.45, 7) is 7.43. The Labute approximate surface area is 105 Å². The minimum Gasteiger partial charge on any atom is -0.325 e. The summed E-state index contributed by atoms with van der Waals surface area (Å²) >= 11 is 0. The van der Waals surface area contributed by atoms with Crippen molar-refractivity contribution in [2.45, 2.75) is 65.0 Å². The van der Waals surface area contributed by atoms with Crippen LogP contribution in [-0.4, -0.2) is 29.6 Å². The molecule has 1 amide bonds. The van der Waals surface area contributed by atoms with E-state index in [0.717, 1.165) is 13.1 Å². The van der Waals surface area contributed by atoms with E-state index in [0.29, 0.717) is 23.8 Å². The Morgan fingerprint density at radius 2 is 2.06 bits per heavy atom. The molecule has 1 aliphatic carbocycles. The van der Waals surface area contributed by atoms with Gasteiger partial charge in [0.15, 0.2) is 0 Å². The van der Waals surface area contributed by atoms with Crippen LogP contribution in [0, 0.1) is 11.8 Å². The van der Waals surface area contributed by atoms with E-state index in [1.54, 1.807) is 0 Å². The number of carbonyl (C=O) groups is 1. The molecule has 0 spiro atoms. The van der Waals surface area contributed by atoms with E-state index in [9.17, 15) is 4.79 Å². The predicted molar refractivity (Wildman–Crippen MR) is 69.5 cm³/mol. The van der Waals surface area contributed by atoms with Crippen LogP contribution in [0.2, 0.25) is 0 Å². The van der Waals surface area contributed by atoms with Crippen molar-refractivity contribution in [1.82, 2.24) is 10.2 Å². The Balaban J connectivity index is 1.96. The van der Waals surface area contributed by atoms with Gasteiger partial charge in [0, 0.05) is 6.04 Å². The standard InChI is InChI=1S/C14H26N2O/c1-10(2)8-12-14(17)16(9-15-12)13-7-5-4-6-11(13)3/h10-13,15H,4-9H2,1-3H3. The van der Waals surface area contributed by atoms with E-state index < -0.39 is 0 Å². The lowest BCUT2D eigenvalue weighted by Gasteiger charge is -2.35. The monoisotopic (exact) mass is 238 g/mol. The van der Waals surface area contributed by atoms with Crippen molar-refractivity contribution in [2.24, 2.45) is 11.8 Å². The number of hydrogen-bond donors (Lipinski definition) is 1. The molecule has 3 nitrogen and oxygen atoms in total. The first-order chi connectivity index (χ1) is 8.09.